The molecule has 6 heteroatoms. The maximum atomic E-state index is 12.9. The van der Waals surface area contributed by atoms with Crippen LogP contribution in [-0.2, 0) is 16.0 Å². The predicted molar refractivity (Wildman–Crippen MR) is 88.9 cm³/mol. The number of nitrogens with zero attached hydrogens (tertiary/aromatic N) is 1. The average molecular weight is 330 g/mol. The molecule has 1 aromatic rings. The molecule has 2 N–H and O–H groups in total. The van der Waals surface area contributed by atoms with E-state index in [1.807, 2.05) is 0 Å². The van der Waals surface area contributed by atoms with Gasteiger partial charge in [0.05, 0.1) is 0 Å². The fourth-order valence-electron chi connectivity index (χ4n) is 3.73. The monoisotopic (exact) mass is 330 g/mol. The van der Waals surface area contributed by atoms with E-state index in [0.29, 0.717) is 31.2 Å². The van der Waals surface area contributed by atoms with Crippen LogP contribution in [0.1, 0.15) is 54.4 Å². The molecule has 24 heavy (non-hydrogen) atoms. The number of carboxylic acid groups (broad SMARTS) is 1. The van der Waals surface area contributed by atoms with E-state index in [-0.39, 0.29) is 11.8 Å². The number of amides is 2. The Kier molecular flexibility index (Phi) is 4.30. The minimum absolute atomic E-state index is 0.0225. The molecule has 0 aromatic heterocycles. The molecule has 1 saturated carbocycles. The zero-order valence-electron chi connectivity index (χ0n) is 13.8. The first-order valence-electron chi connectivity index (χ1n) is 8.38. The molecule has 6 nitrogen and oxygen atoms in total. The van der Waals surface area contributed by atoms with Gasteiger partial charge in [-0.15, -0.1) is 0 Å². The summed E-state index contributed by atoms with van der Waals surface area (Å²) in [4.78, 5) is 37.6. The lowest BCUT2D eigenvalue weighted by Gasteiger charge is -2.41. The van der Waals surface area contributed by atoms with Gasteiger partial charge in [0.25, 0.3) is 5.91 Å². The van der Waals surface area contributed by atoms with Gasteiger partial charge in [-0.2, -0.15) is 0 Å². The fraction of sp³-hybridized carbons (Fsp3) is 0.500. The van der Waals surface area contributed by atoms with Gasteiger partial charge >= 0.3 is 5.97 Å². The van der Waals surface area contributed by atoms with E-state index in [1.54, 1.807) is 25.2 Å². The summed E-state index contributed by atoms with van der Waals surface area (Å²) in [7, 11) is 1.59. The van der Waals surface area contributed by atoms with Crippen LogP contribution in [0.5, 0.6) is 0 Å². The summed E-state index contributed by atoms with van der Waals surface area (Å²) >= 11 is 0. The Balaban J connectivity index is 1.88. The van der Waals surface area contributed by atoms with Crippen LogP contribution in [0.3, 0.4) is 0 Å². The molecular formula is C18H22N2O4. The minimum Gasteiger partial charge on any atom is -0.479 e. The normalized spacial score (nSPS) is 19.1. The van der Waals surface area contributed by atoms with Gasteiger partial charge in [0.2, 0.25) is 5.91 Å². The second-order valence-corrected chi connectivity index (χ2v) is 6.68. The van der Waals surface area contributed by atoms with Crippen LogP contribution in [0.4, 0.5) is 5.69 Å². The highest BCUT2D eigenvalue weighted by Gasteiger charge is 2.45. The van der Waals surface area contributed by atoms with Crippen LogP contribution in [0.25, 0.3) is 0 Å². The number of anilines is 1. The molecule has 2 aliphatic rings. The zero-order valence-corrected chi connectivity index (χ0v) is 13.8. The number of aliphatic carboxylic acids is 1. The zero-order chi connectivity index (χ0) is 17.3. The number of hydrogen-bond donors (Lipinski definition) is 2. The maximum Gasteiger partial charge on any atom is 0.329 e. The van der Waals surface area contributed by atoms with Crippen LogP contribution in [-0.4, -0.2) is 40.4 Å². The Hall–Kier alpha value is -2.37. The van der Waals surface area contributed by atoms with Gasteiger partial charge in [-0.05, 0) is 43.0 Å². The van der Waals surface area contributed by atoms with Crippen molar-refractivity contribution in [2.24, 2.45) is 0 Å². The first kappa shape index (κ1) is 16.5. The number of nitrogens with one attached hydrogen (secondary N) is 1. The van der Waals surface area contributed by atoms with Gasteiger partial charge in [-0.25, -0.2) is 4.79 Å². The highest BCUT2D eigenvalue weighted by atomic mass is 16.4. The number of benzene rings is 1. The standard InChI is InChI=1S/C18H22N2O4/c1-20(18(17(23)24)9-3-2-4-10-18)16(22)13-5-7-14-12(11-13)6-8-15(21)19-14/h5,7,11H,2-4,6,8-10H2,1H3,(H,19,21)(H,23,24). The first-order valence-corrected chi connectivity index (χ1v) is 8.38. The van der Waals surface area contributed by atoms with Gasteiger partial charge in [-0.3, -0.25) is 9.59 Å². The minimum atomic E-state index is -1.11. The SMILES string of the molecule is CN(C(=O)c1ccc2c(c1)CCC(=O)N2)C1(C(=O)O)CCCCC1. The molecular weight excluding hydrogens is 308 g/mol. The third-order valence-electron chi connectivity index (χ3n) is 5.27. The number of rotatable bonds is 3. The summed E-state index contributed by atoms with van der Waals surface area (Å²) < 4.78 is 0. The van der Waals surface area contributed by atoms with Crippen LogP contribution in [0, 0.1) is 0 Å². The van der Waals surface area contributed by atoms with Gasteiger partial charge in [0, 0.05) is 24.7 Å². The van der Waals surface area contributed by atoms with E-state index in [9.17, 15) is 19.5 Å². The Morgan fingerprint density at radius 2 is 1.88 bits per heavy atom. The number of carboxylic acids is 1. The van der Waals surface area contributed by atoms with E-state index < -0.39 is 11.5 Å². The van der Waals surface area contributed by atoms with Crippen molar-refractivity contribution in [3.63, 3.8) is 0 Å². The van der Waals surface area contributed by atoms with Gasteiger partial charge < -0.3 is 15.3 Å². The molecule has 1 aliphatic carbocycles. The Morgan fingerprint density at radius 3 is 2.54 bits per heavy atom. The molecule has 1 heterocycles. The van der Waals surface area contributed by atoms with Crippen molar-refractivity contribution < 1.29 is 19.5 Å². The molecule has 0 bridgehead atoms. The lowest BCUT2D eigenvalue weighted by atomic mass is 9.80. The van der Waals surface area contributed by atoms with Crippen molar-refractivity contribution in [1.82, 2.24) is 4.90 Å². The van der Waals surface area contributed by atoms with Crippen molar-refractivity contribution in [3.8, 4) is 0 Å². The van der Waals surface area contributed by atoms with E-state index >= 15 is 0 Å². The number of likely N-dealkylation sites (N-methyl/N-ethyl adjacent to an activating group) is 1. The van der Waals surface area contributed by atoms with Gasteiger partial charge in [-0.1, -0.05) is 19.3 Å². The van der Waals surface area contributed by atoms with Crippen LogP contribution in [0.2, 0.25) is 0 Å². The highest BCUT2D eigenvalue weighted by molar-refractivity contribution is 6.00. The topological polar surface area (TPSA) is 86.7 Å². The van der Waals surface area contributed by atoms with E-state index in [4.69, 9.17) is 0 Å². The molecule has 1 aliphatic heterocycles. The van der Waals surface area contributed by atoms with Crippen molar-refractivity contribution >= 4 is 23.5 Å². The summed E-state index contributed by atoms with van der Waals surface area (Å²) in [6.45, 7) is 0. The second kappa shape index (κ2) is 6.26. The highest BCUT2D eigenvalue weighted by Crippen LogP contribution is 2.34. The van der Waals surface area contributed by atoms with Crippen molar-refractivity contribution in [1.29, 1.82) is 0 Å². The average Bonchev–Trinajstić information content (AvgIpc) is 2.60. The largest absolute Gasteiger partial charge is 0.479 e. The Morgan fingerprint density at radius 1 is 1.17 bits per heavy atom. The van der Waals surface area contributed by atoms with Crippen molar-refractivity contribution in [2.75, 3.05) is 12.4 Å². The summed E-state index contributed by atoms with van der Waals surface area (Å²) in [5.41, 5.74) is 1.01. The molecule has 3 rings (SSSR count). The number of aryl methyl sites for hydroxylation is 1. The third-order valence-corrected chi connectivity index (χ3v) is 5.27. The molecule has 1 aromatic carbocycles. The van der Waals surface area contributed by atoms with E-state index in [2.05, 4.69) is 5.32 Å². The first-order chi connectivity index (χ1) is 11.4. The second-order valence-electron chi connectivity index (χ2n) is 6.68. The molecule has 0 atom stereocenters. The van der Waals surface area contributed by atoms with Crippen LogP contribution >= 0.6 is 0 Å². The Bertz CT molecular complexity index is 692. The molecule has 2 amide bonds. The lowest BCUT2D eigenvalue weighted by molar-refractivity contribution is -0.151. The quantitative estimate of drug-likeness (QED) is 0.891. The van der Waals surface area contributed by atoms with E-state index in [0.717, 1.165) is 30.5 Å². The summed E-state index contributed by atoms with van der Waals surface area (Å²) in [5.74, 6) is -1.23. The predicted octanol–water partition coefficient (Wildman–Crippen LogP) is 2.43. The van der Waals surface area contributed by atoms with Crippen LogP contribution < -0.4 is 5.32 Å². The van der Waals surface area contributed by atoms with Gasteiger partial charge in [0.15, 0.2) is 0 Å². The fourth-order valence-corrected chi connectivity index (χ4v) is 3.73. The summed E-state index contributed by atoms with van der Waals surface area (Å²) in [6, 6.07) is 5.15. The third kappa shape index (κ3) is 2.77. The number of carbonyl (C=O) groups excluding carboxylic acids is 2. The smallest absolute Gasteiger partial charge is 0.329 e. The molecule has 0 spiro atoms. The van der Waals surface area contributed by atoms with E-state index in [1.165, 1.54) is 4.90 Å². The number of carbonyl (C=O) groups is 3. The van der Waals surface area contributed by atoms with Crippen LogP contribution in [0.15, 0.2) is 18.2 Å². The Labute approximate surface area is 140 Å². The number of hydrogen-bond acceptors (Lipinski definition) is 3. The van der Waals surface area contributed by atoms with Crippen molar-refractivity contribution in [3.05, 3.63) is 29.3 Å². The molecule has 128 valence electrons. The molecule has 0 saturated heterocycles. The lowest BCUT2D eigenvalue weighted by Crippen LogP contribution is -2.56. The summed E-state index contributed by atoms with van der Waals surface area (Å²) in [5, 5.41) is 12.5. The summed E-state index contributed by atoms with van der Waals surface area (Å²) in [6.07, 6.45) is 4.63. The van der Waals surface area contributed by atoms with Crippen molar-refractivity contribution in [2.45, 2.75) is 50.5 Å². The molecule has 0 unspecified atom stereocenters. The maximum absolute atomic E-state index is 12.9. The number of fused-ring (bicyclic) bond motifs is 1. The molecule has 0 radical (unpaired) electrons. The van der Waals surface area contributed by atoms with Gasteiger partial charge in [0.1, 0.15) is 5.54 Å². The molecule has 1 fully saturated rings.